The largest absolute Gasteiger partial charge is 0.483 e. The number of nitrogens with zero attached hydrogens (tertiary/aromatic N) is 2. The molecule has 2 aromatic rings. The van der Waals surface area contributed by atoms with Gasteiger partial charge in [0.05, 0.1) is 6.04 Å². The molecule has 3 heterocycles. The average molecular weight is 378 g/mol. The monoisotopic (exact) mass is 378 g/mol. The summed E-state index contributed by atoms with van der Waals surface area (Å²) < 4.78 is 8.07. The molecule has 2 aliphatic heterocycles. The standard InChI is InChI=1S/C23H26N2O3/c1-4-8-15(2)24-13-18-11-12-19-16(3)21(26)22(20(23(24)27)25(18)19)28-14-17-9-6-5-7-10-17/h4-10,15,18H,11-14H2,1-3H3/b8-4-. The van der Waals surface area contributed by atoms with Gasteiger partial charge in [-0.15, -0.1) is 0 Å². The molecule has 2 atom stereocenters. The Labute approximate surface area is 165 Å². The van der Waals surface area contributed by atoms with E-state index in [4.69, 9.17) is 4.74 Å². The summed E-state index contributed by atoms with van der Waals surface area (Å²) >= 11 is 0. The minimum atomic E-state index is -0.160. The number of amides is 1. The number of allylic oxidation sites excluding steroid dienone is 1. The highest BCUT2D eigenvalue weighted by atomic mass is 16.5. The molecule has 0 saturated carbocycles. The molecule has 0 bridgehead atoms. The molecular formula is C23H26N2O3. The highest BCUT2D eigenvalue weighted by molar-refractivity contribution is 5.96. The molecule has 0 fully saturated rings. The fraction of sp³-hybridized carbons (Fsp3) is 0.391. The maximum absolute atomic E-state index is 13.4. The van der Waals surface area contributed by atoms with Gasteiger partial charge in [0, 0.05) is 23.8 Å². The Bertz CT molecular complexity index is 991. The minimum Gasteiger partial charge on any atom is -0.483 e. The van der Waals surface area contributed by atoms with Crippen LogP contribution in [0, 0.1) is 6.92 Å². The van der Waals surface area contributed by atoms with Crippen molar-refractivity contribution in [2.24, 2.45) is 0 Å². The van der Waals surface area contributed by atoms with Crippen LogP contribution in [0.5, 0.6) is 5.75 Å². The van der Waals surface area contributed by atoms with E-state index in [0.717, 1.165) is 24.1 Å². The lowest BCUT2D eigenvalue weighted by molar-refractivity contribution is 0.0624. The van der Waals surface area contributed by atoms with Crippen LogP contribution >= 0.6 is 0 Å². The van der Waals surface area contributed by atoms with Gasteiger partial charge in [-0.25, -0.2) is 0 Å². The molecule has 1 aromatic heterocycles. The van der Waals surface area contributed by atoms with Crippen LogP contribution in [-0.2, 0) is 13.0 Å². The van der Waals surface area contributed by atoms with Gasteiger partial charge in [0.15, 0.2) is 11.4 Å². The van der Waals surface area contributed by atoms with Gasteiger partial charge in [-0.1, -0.05) is 42.5 Å². The highest BCUT2D eigenvalue weighted by Crippen LogP contribution is 2.37. The number of hydrogen-bond donors (Lipinski definition) is 0. The molecule has 0 saturated heterocycles. The second kappa shape index (κ2) is 7.30. The second-order valence-corrected chi connectivity index (χ2v) is 7.64. The van der Waals surface area contributed by atoms with Gasteiger partial charge in [0.25, 0.3) is 5.91 Å². The molecule has 1 aromatic carbocycles. The number of rotatable bonds is 5. The van der Waals surface area contributed by atoms with E-state index in [-0.39, 0.29) is 35.8 Å². The maximum Gasteiger partial charge on any atom is 0.275 e. The molecular weight excluding hydrogens is 352 g/mol. The Balaban J connectivity index is 1.80. The van der Waals surface area contributed by atoms with Crippen LogP contribution in [0.25, 0.3) is 0 Å². The Morgan fingerprint density at radius 2 is 2.00 bits per heavy atom. The van der Waals surface area contributed by atoms with Crippen molar-refractivity contribution < 1.29 is 9.53 Å². The summed E-state index contributed by atoms with van der Waals surface area (Å²) in [5.41, 5.74) is 2.93. The lowest BCUT2D eigenvalue weighted by atomic mass is 10.1. The zero-order valence-corrected chi connectivity index (χ0v) is 16.6. The van der Waals surface area contributed by atoms with E-state index in [0.29, 0.717) is 17.8 Å². The topological polar surface area (TPSA) is 51.5 Å². The van der Waals surface area contributed by atoms with Gasteiger partial charge in [0.1, 0.15) is 6.61 Å². The van der Waals surface area contributed by atoms with Crippen LogP contribution in [-0.4, -0.2) is 28.0 Å². The highest BCUT2D eigenvalue weighted by Gasteiger charge is 2.40. The van der Waals surface area contributed by atoms with Crippen LogP contribution in [0.15, 0.2) is 47.3 Å². The predicted octanol–water partition coefficient (Wildman–Crippen LogP) is 3.64. The molecule has 2 aliphatic rings. The first-order valence-electron chi connectivity index (χ1n) is 9.91. The van der Waals surface area contributed by atoms with Crippen molar-refractivity contribution in [3.8, 4) is 5.75 Å². The summed E-state index contributed by atoms with van der Waals surface area (Å²) in [7, 11) is 0. The normalized spacial score (nSPS) is 19.2. The molecule has 0 N–H and O–H groups in total. The quantitative estimate of drug-likeness (QED) is 0.747. The first kappa shape index (κ1) is 18.5. The van der Waals surface area contributed by atoms with E-state index in [9.17, 15) is 9.59 Å². The summed E-state index contributed by atoms with van der Waals surface area (Å²) in [6, 6.07) is 9.90. The smallest absolute Gasteiger partial charge is 0.275 e. The van der Waals surface area contributed by atoms with Crippen LogP contribution in [0.3, 0.4) is 0 Å². The number of ether oxygens (including phenoxy) is 1. The van der Waals surface area contributed by atoms with E-state index in [1.54, 1.807) is 0 Å². The zero-order valence-electron chi connectivity index (χ0n) is 16.6. The summed E-state index contributed by atoms with van der Waals surface area (Å²) in [4.78, 5) is 28.4. The third-order valence-corrected chi connectivity index (χ3v) is 5.87. The molecule has 28 heavy (non-hydrogen) atoms. The molecule has 1 amide bonds. The Kier molecular flexibility index (Phi) is 4.84. The van der Waals surface area contributed by atoms with Gasteiger partial charge in [-0.05, 0) is 39.2 Å². The van der Waals surface area contributed by atoms with Crippen LogP contribution < -0.4 is 10.2 Å². The fourth-order valence-corrected chi connectivity index (χ4v) is 4.39. The van der Waals surface area contributed by atoms with Crippen molar-refractivity contribution in [1.82, 2.24) is 9.47 Å². The van der Waals surface area contributed by atoms with E-state index in [1.165, 1.54) is 0 Å². The van der Waals surface area contributed by atoms with Crippen molar-refractivity contribution in [3.05, 3.63) is 75.2 Å². The zero-order chi connectivity index (χ0) is 19.8. The Hall–Kier alpha value is -2.82. The third kappa shape index (κ3) is 2.95. The van der Waals surface area contributed by atoms with Gasteiger partial charge in [0.2, 0.25) is 5.43 Å². The van der Waals surface area contributed by atoms with Crippen molar-refractivity contribution in [2.75, 3.05) is 6.54 Å². The van der Waals surface area contributed by atoms with Crippen molar-refractivity contribution in [3.63, 3.8) is 0 Å². The molecule has 5 nitrogen and oxygen atoms in total. The molecule has 4 rings (SSSR count). The molecule has 146 valence electrons. The molecule has 0 spiro atoms. The number of benzene rings is 1. The number of carbonyl (C=O) groups excluding carboxylic acids is 1. The van der Waals surface area contributed by atoms with Crippen molar-refractivity contribution in [2.45, 2.75) is 52.3 Å². The summed E-state index contributed by atoms with van der Waals surface area (Å²) in [5.74, 6) is 0.0737. The van der Waals surface area contributed by atoms with Crippen molar-refractivity contribution in [1.29, 1.82) is 0 Å². The van der Waals surface area contributed by atoms with Gasteiger partial charge in [-0.2, -0.15) is 0 Å². The fourth-order valence-electron chi connectivity index (χ4n) is 4.39. The van der Waals surface area contributed by atoms with Gasteiger partial charge in [-0.3, -0.25) is 9.59 Å². The van der Waals surface area contributed by atoms with Crippen LogP contribution in [0.4, 0.5) is 0 Å². The van der Waals surface area contributed by atoms with Crippen LogP contribution in [0.1, 0.15) is 53.6 Å². The third-order valence-electron chi connectivity index (χ3n) is 5.87. The molecule has 5 heteroatoms. The molecule has 0 radical (unpaired) electrons. The summed E-state index contributed by atoms with van der Waals surface area (Å²) in [6.07, 6.45) is 5.75. The summed E-state index contributed by atoms with van der Waals surface area (Å²) in [6.45, 7) is 6.76. The number of hydrogen-bond acceptors (Lipinski definition) is 3. The molecule has 2 unspecified atom stereocenters. The van der Waals surface area contributed by atoms with E-state index in [1.807, 2.05) is 68.2 Å². The maximum atomic E-state index is 13.4. The van der Waals surface area contributed by atoms with E-state index < -0.39 is 0 Å². The van der Waals surface area contributed by atoms with Crippen LogP contribution in [0.2, 0.25) is 0 Å². The SMILES string of the molecule is C/C=C\C(C)N1CC2CCc3c(C)c(=O)c(OCc4ccccc4)c(n32)C1=O. The number of aromatic nitrogens is 1. The van der Waals surface area contributed by atoms with Gasteiger partial charge >= 0.3 is 0 Å². The Morgan fingerprint density at radius 3 is 2.71 bits per heavy atom. The molecule has 0 aliphatic carbocycles. The average Bonchev–Trinajstić information content (AvgIpc) is 3.12. The van der Waals surface area contributed by atoms with E-state index >= 15 is 0 Å². The van der Waals surface area contributed by atoms with E-state index in [2.05, 4.69) is 4.57 Å². The lowest BCUT2D eigenvalue weighted by Gasteiger charge is -2.37. The number of carbonyl (C=O) groups is 1. The lowest BCUT2D eigenvalue weighted by Crippen LogP contribution is -2.47. The van der Waals surface area contributed by atoms with Gasteiger partial charge < -0.3 is 14.2 Å². The minimum absolute atomic E-state index is 0.0197. The number of pyridine rings is 1. The van der Waals surface area contributed by atoms with Crippen molar-refractivity contribution >= 4 is 5.91 Å². The Morgan fingerprint density at radius 1 is 1.25 bits per heavy atom. The summed E-state index contributed by atoms with van der Waals surface area (Å²) in [5, 5.41) is 0. The first-order valence-corrected chi connectivity index (χ1v) is 9.91. The first-order chi connectivity index (χ1) is 13.5. The predicted molar refractivity (Wildman–Crippen MR) is 109 cm³/mol. The second-order valence-electron chi connectivity index (χ2n) is 7.64.